The van der Waals surface area contributed by atoms with E-state index in [0.717, 1.165) is 43.5 Å². The monoisotopic (exact) mass is 337 g/mol. The molecule has 5 heteroatoms. The van der Waals surface area contributed by atoms with Crippen LogP contribution < -0.4 is 4.74 Å². The van der Waals surface area contributed by atoms with Crippen LogP contribution in [0.5, 0.6) is 5.75 Å². The van der Waals surface area contributed by atoms with Gasteiger partial charge in [0.25, 0.3) is 0 Å². The highest BCUT2D eigenvalue weighted by molar-refractivity contribution is 5.84. The third-order valence-corrected chi connectivity index (χ3v) is 4.70. The van der Waals surface area contributed by atoms with Crippen LogP contribution >= 0.6 is 0 Å². The number of H-pyrrole nitrogens is 1. The van der Waals surface area contributed by atoms with Gasteiger partial charge in [-0.05, 0) is 41.5 Å². The number of aromatic amines is 1. The second kappa shape index (κ2) is 6.86. The maximum atomic E-state index is 5.89. The van der Waals surface area contributed by atoms with E-state index in [0.29, 0.717) is 0 Å². The highest BCUT2D eigenvalue weighted by atomic mass is 16.5. The van der Waals surface area contributed by atoms with Crippen molar-refractivity contribution in [3.8, 4) is 5.75 Å². The number of morpholine rings is 1. The van der Waals surface area contributed by atoms with Crippen LogP contribution in [-0.4, -0.2) is 41.7 Å². The number of fused-ring (bicyclic) bond motifs is 1. The van der Waals surface area contributed by atoms with Crippen molar-refractivity contribution in [2.75, 3.05) is 26.8 Å². The Morgan fingerprint density at radius 2 is 2.08 bits per heavy atom. The zero-order valence-corrected chi connectivity index (χ0v) is 14.7. The van der Waals surface area contributed by atoms with Crippen molar-refractivity contribution in [3.63, 3.8) is 0 Å². The molecule has 0 aliphatic carbocycles. The Hall–Kier alpha value is -2.37. The third-order valence-electron chi connectivity index (χ3n) is 4.70. The quantitative estimate of drug-likeness (QED) is 0.792. The van der Waals surface area contributed by atoms with Gasteiger partial charge in [-0.3, -0.25) is 4.90 Å². The number of imidazole rings is 1. The molecule has 0 saturated carbocycles. The fourth-order valence-corrected chi connectivity index (χ4v) is 3.36. The van der Waals surface area contributed by atoms with E-state index in [4.69, 9.17) is 9.47 Å². The third kappa shape index (κ3) is 3.52. The number of methoxy groups -OCH3 is 1. The van der Waals surface area contributed by atoms with Gasteiger partial charge in [0.05, 0.1) is 13.7 Å². The number of hydrogen-bond donors (Lipinski definition) is 1. The Balaban J connectivity index is 1.48. The first-order valence-electron chi connectivity index (χ1n) is 8.63. The second-order valence-electron chi connectivity index (χ2n) is 6.59. The maximum Gasteiger partial charge on any atom is 0.136 e. The Morgan fingerprint density at radius 1 is 1.24 bits per heavy atom. The van der Waals surface area contributed by atoms with E-state index >= 15 is 0 Å². The van der Waals surface area contributed by atoms with E-state index in [1.54, 1.807) is 7.11 Å². The molecular weight excluding hydrogens is 314 g/mol. The fraction of sp³-hybridized carbons (Fsp3) is 0.350. The zero-order valence-electron chi connectivity index (χ0n) is 14.7. The van der Waals surface area contributed by atoms with Crippen LogP contribution in [0.1, 0.15) is 23.2 Å². The van der Waals surface area contributed by atoms with Crippen LogP contribution in [0.3, 0.4) is 0 Å². The van der Waals surface area contributed by atoms with E-state index in [1.165, 1.54) is 16.3 Å². The Morgan fingerprint density at radius 3 is 2.88 bits per heavy atom. The molecule has 1 aliphatic heterocycles. The lowest BCUT2D eigenvalue weighted by atomic mass is 10.1. The molecule has 0 spiro atoms. The normalized spacial score (nSPS) is 18.6. The molecule has 0 radical (unpaired) electrons. The van der Waals surface area contributed by atoms with Crippen LogP contribution in [0.2, 0.25) is 0 Å². The molecule has 1 fully saturated rings. The van der Waals surface area contributed by atoms with Crippen LogP contribution in [0.4, 0.5) is 0 Å². The van der Waals surface area contributed by atoms with Gasteiger partial charge in [0.1, 0.15) is 17.7 Å². The van der Waals surface area contributed by atoms with Gasteiger partial charge in [0.15, 0.2) is 0 Å². The first-order valence-corrected chi connectivity index (χ1v) is 8.63. The van der Waals surface area contributed by atoms with Gasteiger partial charge in [-0.15, -0.1) is 0 Å². The van der Waals surface area contributed by atoms with Crippen LogP contribution in [0.25, 0.3) is 10.8 Å². The van der Waals surface area contributed by atoms with Crippen molar-refractivity contribution in [1.29, 1.82) is 0 Å². The highest BCUT2D eigenvalue weighted by Crippen LogP contribution is 2.24. The summed E-state index contributed by atoms with van der Waals surface area (Å²) >= 11 is 0. The Kier molecular flexibility index (Phi) is 4.42. The molecule has 3 aromatic rings. The summed E-state index contributed by atoms with van der Waals surface area (Å²) in [6.45, 7) is 5.46. The molecular formula is C20H23N3O2. The largest absolute Gasteiger partial charge is 0.497 e. The Labute approximate surface area is 147 Å². The number of nitrogens with zero attached hydrogens (tertiary/aromatic N) is 2. The molecule has 0 unspecified atom stereocenters. The number of nitrogens with one attached hydrogen (secondary N) is 1. The first-order chi connectivity index (χ1) is 12.2. The number of rotatable bonds is 4. The van der Waals surface area contributed by atoms with Gasteiger partial charge in [0.2, 0.25) is 0 Å². The molecule has 1 aromatic heterocycles. The molecule has 1 N–H and O–H groups in total. The average Bonchev–Trinajstić information content (AvgIpc) is 3.08. The van der Waals surface area contributed by atoms with Gasteiger partial charge in [-0.1, -0.05) is 18.2 Å². The van der Waals surface area contributed by atoms with Crippen molar-refractivity contribution in [3.05, 3.63) is 59.7 Å². The van der Waals surface area contributed by atoms with Crippen molar-refractivity contribution in [2.24, 2.45) is 0 Å². The minimum absolute atomic E-state index is 0.0205. The Bertz CT molecular complexity index is 874. The first kappa shape index (κ1) is 16.1. The molecule has 0 amide bonds. The molecule has 0 bridgehead atoms. The summed E-state index contributed by atoms with van der Waals surface area (Å²) in [6, 6.07) is 12.8. The number of aromatic nitrogens is 2. The predicted octanol–water partition coefficient (Wildman–Crippen LogP) is 3.45. The minimum Gasteiger partial charge on any atom is -0.497 e. The maximum absolute atomic E-state index is 5.89. The van der Waals surface area contributed by atoms with Gasteiger partial charge in [-0.25, -0.2) is 4.98 Å². The summed E-state index contributed by atoms with van der Waals surface area (Å²) < 4.78 is 11.2. The van der Waals surface area contributed by atoms with E-state index in [-0.39, 0.29) is 6.10 Å². The number of aryl methyl sites for hydroxylation is 1. The van der Waals surface area contributed by atoms with Crippen LogP contribution in [0.15, 0.2) is 42.6 Å². The van der Waals surface area contributed by atoms with E-state index in [9.17, 15) is 0 Å². The van der Waals surface area contributed by atoms with Crippen LogP contribution in [0, 0.1) is 6.92 Å². The summed E-state index contributed by atoms with van der Waals surface area (Å²) in [4.78, 5) is 10.1. The summed E-state index contributed by atoms with van der Waals surface area (Å²) in [6.07, 6.45) is 1.88. The lowest BCUT2D eigenvalue weighted by molar-refractivity contribution is -0.0368. The molecule has 2 aromatic carbocycles. The van der Waals surface area contributed by atoms with Gasteiger partial charge < -0.3 is 14.5 Å². The summed E-state index contributed by atoms with van der Waals surface area (Å²) in [7, 11) is 1.70. The van der Waals surface area contributed by atoms with Crippen molar-refractivity contribution in [1.82, 2.24) is 14.9 Å². The lowest BCUT2D eigenvalue weighted by Crippen LogP contribution is -2.38. The van der Waals surface area contributed by atoms with Gasteiger partial charge in [-0.2, -0.15) is 0 Å². The topological polar surface area (TPSA) is 50.4 Å². The fourth-order valence-electron chi connectivity index (χ4n) is 3.36. The second-order valence-corrected chi connectivity index (χ2v) is 6.59. The average molecular weight is 337 g/mol. The predicted molar refractivity (Wildman–Crippen MR) is 97.8 cm³/mol. The number of hydrogen-bond acceptors (Lipinski definition) is 4. The van der Waals surface area contributed by atoms with Gasteiger partial charge >= 0.3 is 0 Å². The van der Waals surface area contributed by atoms with Crippen molar-refractivity contribution in [2.45, 2.75) is 19.6 Å². The smallest absolute Gasteiger partial charge is 0.136 e. The summed E-state index contributed by atoms with van der Waals surface area (Å²) in [5.74, 6) is 1.82. The number of ether oxygens (including phenoxy) is 2. The lowest BCUT2D eigenvalue weighted by Gasteiger charge is -2.32. The van der Waals surface area contributed by atoms with E-state index in [2.05, 4.69) is 45.2 Å². The van der Waals surface area contributed by atoms with Gasteiger partial charge in [0, 0.05) is 31.5 Å². The summed E-state index contributed by atoms with van der Waals surface area (Å²) in [5, 5.41) is 2.44. The molecule has 25 heavy (non-hydrogen) atoms. The highest BCUT2D eigenvalue weighted by Gasteiger charge is 2.24. The molecule has 1 saturated heterocycles. The SMILES string of the molecule is COc1ccc2cc(CN3CCO[C@H](c4ncc(C)[nH]4)C3)ccc2c1. The molecule has 130 valence electrons. The molecule has 1 aliphatic rings. The number of benzene rings is 2. The molecule has 4 rings (SSSR count). The summed E-state index contributed by atoms with van der Waals surface area (Å²) in [5.41, 5.74) is 2.38. The standard InChI is InChI=1S/C20H23N3O2/c1-14-11-21-20(22-14)19-13-23(7-8-25-19)12-15-3-4-17-10-18(24-2)6-5-16(17)9-15/h3-6,9-11,19H,7-8,12-13H2,1-2H3,(H,21,22)/t19-/m0/s1. The van der Waals surface area contributed by atoms with Crippen molar-refractivity contribution < 1.29 is 9.47 Å². The van der Waals surface area contributed by atoms with Crippen molar-refractivity contribution >= 4 is 10.8 Å². The molecule has 1 atom stereocenters. The van der Waals surface area contributed by atoms with E-state index in [1.807, 2.05) is 19.2 Å². The minimum atomic E-state index is 0.0205. The zero-order chi connectivity index (χ0) is 17.2. The molecule has 2 heterocycles. The van der Waals surface area contributed by atoms with E-state index < -0.39 is 0 Å². The van der Waals surface area contributed by atoms with Crippen LogP contribution in [-0.2, 0) is 11.3 Å². The molecule has 5 nitrogen and oxygen atoms in total.